The molecule has 0 unspecified atom stereocenters. The van der Waals surface area contributed by atoms with Crippen LogP contribution in [0.1, 0.15) is 57.3 Å². The van der Waals surface area contributed by atoms with Gasteiger partial charge in [-0.2, -0.15) is 0 Å². The van der Waals surface area contributed by atoms with Crippen molar-refractivity contribution in [3.8, 4) is 11.4 Å². The average molecular weight is 394 g/mol. The maximum Gasteiger partial charge on any atom is 0.234 e. The second kappa shape index (κ2) is 8.19. The summed E-state index contributed by atoms with van der Waals surface area (Å²) in [6.45, 7) is 9.26. The van der Waals surface area contributed by atoms with Crippen molar-refractivity contribution in [3.63, 3.8) is 0 Å². The zero-order valence-electron chi connectivity index (χ0n) is 17.7. The van der Waals surface area contributed by atoms with Crippen LogP contribution in [0, 0.1) is 11.3 Å². The van der Waals surface area contributed by atoms with Crippen molar-refractivity contribution in [2.75, 3.05) is 19.6 Å². The summed E-state index contributed by atoms with van der Waals surface area (Å²) in [5.41, 5.74) is 3.08. The van der Waals surface area contributed by atoms with Gasteiger partial charge in [-0.1, -0.05) is 20.8 Å². The first-order valence-corrected chi connectivity index (χ1v) is 10.7. The quantitative estimate of drug-likeness (QED) is 0.862. The molecule has 1 N–H and O–H groups in total. The molecule has 2 aliphatic rings. The van der Waals surface area contributed by atoms with Gasteiger partial charge >= 0.3 is 0 Å². The van der Waals surface area contributed by atoms with E-state index in [0.29, 0.717) is 18.3 Å². The van der Waals surface area contributed by atoms with Crippen LogP contribution in [-0.4, -0.2) is 45.4 Å². The van der Waals surface area contributed by atoms with Crippen molar-refractivity contribution in [3.05, 3.63) is 42.0 Å². The zero-order valence-corrected chi connectivity index (χ0v) is 17.7. The highest BCUT2D eigenvalue weighted by atomic mass is 16.2. The Hall–Kier alpha value is -2.34. The van der Waals surface area contributed by atoms with E-state index in [1.807, 2.05) is 18.3 Å². The van der Waals surface area contributed by atoms with E-state index in [-0.39, 0.29) is 17.4 Å². The van der Waals surface area contributed by atoms with E-state index in [9.17, 15) is 4.79 Å². The SMILES string of the molecule is C[C@H]1CCCN(CC(=O)N[C@H]2CC(C)(C)Cc3nc(-c4cccnc4)ncc32)C1. The van der Waals surface area contributed by atoms with E-state index in [4.69, 9.17) is 4.98 Å². The molecule has 1 amide bonds. The fraction of sp³-hybridized carbons (Fsp3) is 0.565. The monoisotopic (exact) mass is 393 g/mol. The van der Waals surface area contributed by atoms with Gasteiger partial charge in [0, 0.05) is 36.3 Å². The second-order valence-corrected chi connectivity index (χ2v) is 9.49. The minimum absolute atomic E-state index is 0.0357. The molecule has 0 radical (unpaired) electrons. The molecule has 2 atom stereocenters. The van der Waals surface area contributed by atoms with Crippen molar-refractivity contribution < 1.29 is 4.79 Å². The molecule has 2 aromatic rings. The number of carbonyl (C=O) groups is 1. The van der Waals surface area contributed by atoms with Crippen LogP contribution >= 0.6 is 0 Å². The summed E-state index contributed by atoms with van der Waals surface area (Å²) < 4.78 is 0. The number of hydrogen-bond donors (Lipinski definition) is 1. The molecule has 0 spiro atoms. The predicted octanol–water partition coefficient (Wildman–Crippen LogP) is 3.40. The number of pyridine rings is 1. The standard InChI is InChI=1S/C23H31N5O/c1-16-6-5-9-28(14-16)15-21(29)26-19-10-23(2,3)11-20-18(19)13-25-22(27-20)17-7-4-8-24-12-17/h4,7-8,12-13,16,19H,5-6,9-11,14-15H2,1-3H3,(H,26,29)/t16-,19-/m0/s1. The third-order valence-electron chi connectivity index (χ3n) is 6.04. The molecule has 1 aliphatic carbocycles. The first-order valence-electron chi connectivity index (χ1n) is 10.7. The number of piperidine rings is 1. The molecule has 0 saturated carbocycles. The van der Waals surface area contributed by atoms with Gasteiger partial charge in [-0.3, -0.25) is 14.7 Å². The van der Waals surface area contributed by atoms with Gasteiger partial charge in [0.05, 0.1) is 18.3 Å². The zero-order chi connectivity index (χ0) is 20.4. The summed E-state index contributed by atoms with van der Waals surface area (Å²) in [6, 6.07) is 3.83. The second-order valence-electron chi connectivity index (χ2n) is 9.49. The molecule has 6 heteroatoms. The van der Waals surface area contributed by atoms with Gasteiger partial charge in [-0.05, 0) is 55.7 Å². The van der Waals surface area contributed by atoms with Crippen LogP contribution in [0.25, 0.3) is 11.4 Å². The lowest BCUT2D eigenvalue weighted by molar-refractivity contribution is -0.123. The Bertz CT molecular complexity index is 867. The third kappa shape index (κ3) is 4.81. The number of amides is 1. The predicted molar refractivity (Wildman–Crippen MR) is 113 cm³/mol. The normalized spacial score (nSPS) is 24.0. The Morgan fingerprint density at radius 1 is 1.34 bits per heavy atom. The van der Waals surface area contributed by atoms with Gasteiger partial charge in [0.2, 0.25) is 5.91 Å². The molecule has 6 nitrogen and oxygen atoms in total. The van der Waals surface area contributed by atoms with Crippen LogP contribution in [0.2, 0.25) is 0 Å². The summed E-state index contributed by atoms with van der Waals surface area (Å²) in [7, 11) is 0. The van der Waals surface area contributed by atoms with Crippen LogP contribution in [0.15, 0.2) is 30.7 Å². The van der Waals surface area contributed by atoms with Gasteiger partial charge in [-0.15, -0.1) is 0 Å². The summed E-state index contributed by atoms with van der Waals surface area (Å²) in [5, 5.41) is 3.28. The summed E-state index contributed by atoms with van der Waals surface area (Å²) in [6.07, 6.45) is 9.66. The molecule has 1 saturated heterocycles. The van der Waals surface area contributed by atoms with E-state index in [2.05, 4.69) is 41.0 Å². The molecule has 29 heavy (non-hydrogen) atoms. The number of nitrogens with one attached hydrogen (secondary N) is 1. The Balaban J connectivity index is 1.52. The highest BCUT2D eigenvalue weighted by molar-refractivity contribution is 5.78. The Labute approximate surface area is 173 Å². The van der Waals surface area contributed by atoms with Crippen LogP contribution in [0.3, 0.4) is 0 Å². The van der Waals surface area contributed by atoms with Crippen LogP contribution < -0.4 is 5.32 Å². The summed E-state index contributed by atoms with van der Waals surface area (Å²) in [5.74, 6) is 1.47. The number of hydrogen-bond acceptors (Lipinski definition) is 5. The highest BCUT2D eigenvalue weighted by Crippen LogP contribution is 2.40. The minimum atomic E-state index is -0.0357. The lowest BCUT2D eigenvalue weighted by atomic mass is 9.74. The number of rotatable bonds is 4. The first kappa shape index (κ1) is 20.0. The topological polar surface area (TPSA) is 71.0 Å². The van der Waals surface area contributed by atoms with E-state index in [1.54, 1.807) is 12.4 Å². The fourth-order valence-corrected chi connectivity index (χ4v) is 4.68. The van der Waals surface area contributed by atoms with E-state index in [1.165, 1.54) is 12.8 Å². The Morgan fingerprint density at radius 3 is 2.97 bits per heavy atom. The molecule has 0 bridgehead atoms. The van der Waals surface area contributed by atoms with Gasteiger partial charge in [0.1, 0.15) is 0 Å². The van der Waals surface area contributed by atoms with Gasteiger partial charge < -0.3 is 5.32 Å². The van der Waals surface area contributed by atoms with Crippen LogP contribution in [0.5, 0.6) is 0 Å². The van der Waals surface area contributed by atoms with Gasteiger partial charge in [0.25, 0.3) is 0 Å². The van der Waals surface area contributed by atoms with Crippen molar-refractivity contribution >= 4 is 5.91 Å². The van der Waals surface area contributed by atoms with Crippen LogP contribution in [-0.2, 0) is 11.2 Å². The lowest BCUT2D eigenvalue weighted by Gasteiger charge is -2.37. The third-order valence-corrected chi connectivity index (χ3v) is 6.04. The molecule has 0 aromatic carbocycles. The lowest BCUT2D eigenvalue weighted by Crippen LogP contribution is -2.44. The van der Waals surface area contributed by atoms with Crippen molar-refractivity contribution in [2.45, 2.75) is 52.5 Å². The van der Waals surface area contributed by atoms with Gasteiger partial charge in [0.15, 0.2) is 5.82 Å². The van der Waals surface area contributed by atoms with E-state index < -0.39 is 0 Å². The number of carbonyl (C=O) groups excluding carboxylic acids is 1. The number of fused-ring (bicyclic) bond motifs is 1. The number of likely N-dealkylation sites (tertiary alicyclic amines) is 1. The minimum Gasteiger partial charge on any atom is -0.348 e. The molecule has 1 aliphatic heterocycles. The average Bonchev–Trinajstić information content (AvgIpc) is 2.67. The summed E-state index contributed by atoms with van der Waals surface area (Å²) in [4.78, 5) is 28.7. The van der Waals surface area contributed by atoms with Crippen molar-refractivity contribution in [1.82, 2.24) is 25.2 Å². The number of nitrogens with zero attached hydrogens (tertiary/aromatic N) is 4. The summed E-state index contributed by atoms with van der Waals surface area (Å²) >= 11 is 0. The number of aromatic nitrogens is 3. The molecular formula is C23H31N5O. The van der Waals surface area contributed by atoms with E-state index in [0.717, 1.165) is 42.8 Å². The molecular weight excluding hydrogens is 362 g/mol. The van der Waals surface area contributed by atoms with Crippen molar-refractivity contribution in [1.29, 1.82) is 0 Å². The largest absolute Gasteiger partial charge is 0.348 e. The van der Waals surface area contributed by atoms with Crippen LogP contribution in [0.4, 0.5) is 0 Å². The molecule has 154 valence electrons. The Kier molecular flexibility index (Phi) is 5.63. The highest BCUT2D eigenvalue weighted by Gasteiger charge is 2.35. The van der Waals surface area contributed by atoms with Crippen molar-refractivity contribution in [2.24, 2.45) is 11.3 Å². The molecule has 2 aromatic heterocycles. The molecule has 3 heterocycles. The first-order chi connectivity index (χ1) is 13.9. The maximum atomic E-state index is 12.8. The van der Waals surface area contributed by atoms with E-state index >= 15 is 0 Å². The van der Waals surface area contributed by atoms with Gasteiger partial charge in [-0.25, -0.2) is 9.97 Å². The molecule has 4 rings (SSSR count). The fourth-order valence-electron chi connectivity index (χ4n) is 4.68. The molecule has 1 fully saturated rings. The smallest absolute Gasteiger partial charge is 0.234 e. The Morgan fingerprint density at radius 2 is 2.21 bits per heavy atom. The maximum absolute atomic E-state index is 12.8.